The fourth-order valence-electron chi connectivity index (χ4n) is 4.20. The van der Waals surface area contributed by atoms with Crippen LogP contribution in [0.3, 0.4) is 0 Å². The number of hydrogen-bond acceptors (Lipinski definition) is 7. The zero-order chi connectivity index (χ0) is 31.5. The predicted molar refractivity (Wildman–Crippen MR) is 165 cm³/mol. The maximum atomic E-state index is 12.6. The molecule has 2 amide bonds. The van der Waals surface area contributed by atoms with E-state index >= 15 is 0 Å². The molecule has 0 aromatic carbocycles. The number of nitrogens with two attached hydrogens (primary N) is 1. The van der Waals surface area contributed by atoms with E-state index in [1.807, 2.05) is 58.9 Å². The van der Waals surface area contributed by atoms with Crippen molar-refractivity contribution < 1.29 is 34.1 Å². The van der Waals surface area contributed by atoms with E-state index in [0.717, 1.165) is 16.7 Å². The summed E-state index contributed by atoms with van der Waals surface area (Å²) in [4.78, 5) is 35.8. The van der Waals surface area contributed by atoms with Crippen molar-refractivity contribution in [3.8, 4) is 0 Å². The van der Waals surface area contributed by atoms with Crippen molar-refractivity contribution in [2.24, 2.45) is 11.7 Å². The number of allylic oxidation sites excluding steroid dienone is 8. The summed E-state index contributed by atoms with van der Waals surface area (Å²) in [6.07, 6.45) is 17.2. The summed E-state index contributed by atoms with van der Waals surface area (Å²) in [7, 11) is 0. The van der Waals surface area contributed by atoms with E-state index < -0.39 is 36.5 Å². The SMILES string of the molecule is CC(C)=CC(=O)N/C=C/C(C)=C/[C@@H](C)[C@H]1C/C(C)=C/C=C/CCC[C@@H](OC(N)=O)[C@@H](O)C(O)/C=C/CC/C=C/C(=O)O1. The minimum Gasteiger partial charge on any atom is -0.458 e. The number of rotatable bonds is 6. The molecule has 0 spiro atoms. The summed E-state index contributed by atoms with van der Waals surface area (Å²) in [5.41, 5.74) is 8.00. The van der Waals surface area contributed by atoms with Gasteiger partial charge in [0.25, 0.3) is 0 Å². The van der Waals surface area contributed by atoms with E-state index in [-0.39, 0.29) is 11.8 Å². The summed E-state index contributed by atoms with van der Waals surface area (Å²) in [5, 5.41) is 23.5. The first kappa shape index (κ1) is 36.3. The lowest BCUT2D eigenvalue weighted by atomic mass is 9.95. The van der Waals surface area contributed by atoms with Gasteiger partial charge < -0.3 is 30.7 Å². The molecule has 42 heavy (non-hydrogen) atoms. The molecule has 0 radical (unpaired) electrons. The second-order valence-corrected chi connectivity index (χ2v) is 10.7. The number of carbonyl (C=O) groups is 3. The topological polar surface area (TPSA) is 148 Å². The van der Waals surface area contributed by atoms with E-state index in [9.17, 15) is 24.6 Å². The summed E-state index contributed by atoms with van der Waals surface area (Å²) in [6, 6.07) is 0. The summed E-state index contributed by atoms with van der Waals surface area (Å²) in [5.74, 6) is -0.755. The van der Waals surface area contributed by atoms with Crippen molar-refractivity contribution in [2.45, 2.75) is 97.6 Å². The van der Waals surface area contributed by atoms with Gasteiger partial charge in [-0.3, -0.25) is 4.79 Å². The van der Waals surface area contributed by atoms with Gasteiger partial charge in [-0.25, -0.2) is 9.59 Å². The Hall–Kier alpha value is -3.69. The molecule has 0 fully saturated rings. The Balaban J connectivity index is 3.06. The molecule has 9 nitrogen and oxygen atoms in total. The third-order valence-corrected chi connectivity index (χ3v) is 6.36. The monoisotopic (exact) mass is 584 g/mol. The fraction of sp³-hybridized carbons (Fsp3) is 0.485. The van der Waals surface area contributed by atoms with Gasteiger partial charge in [-0.05, 0) is 65.9 Å². The average molecular weight is 585 g/mol. The third kappa shape index (κ3) is 16.5. The second-order valence-electron chi connectivity index (χ2n) is 10.7. The molecule has 5 N–H and O–H groups in total. The molecule has 0 aliphatic carbocycles. The molecular formula is C33H48N2O7. The van der Waals surface area contributed by atoms with Gasteiger partial charge in [0.05, 0.1) is 0 Å². The Labute approximate surface area is 250 Å². The van der Waals surface area contributed by atoms with Crippen LogP contribution in [0.15, 0.2) is 83.7 Å². The molecule has 1 unspecified atom stereocenters. The first-order valence-electron chi connectivity index (χ1n) is 14.4. The van der Waals surface area contributed by atoms with E-state index in [0.29, 0.717) is 38.5 Å². The molecule has 5 atom stereocenters. The van der Waals surface area contributed by atoms with E-state index in [1.165, 1.54) is 18.2 Å². The number of aliphatic hydroxyl groups excluding tert-OH is 2. The first-order valence-corrected chi connectivity index (χ1v) is 14.4. The number of aliphatic hydroxyl groups is 2. The smallest absolute Gasteiger partial charge is 0.404 e. The van der Waals surface area contributed by atoms with Crippen LogP contribution >= 0.6 is 0 Å². The Kier molecular flexibility index (Phi) is 17.5. The zero-order valence-corrected chi connectivity index (χ0v) is 25.5. The molecule has 0 bridgehead atoms. The number of esters is 1. The lowest BCUT2D eigenvalue weighted by Crippen LogP contribution is -2.40. The molecule has 0 aromatic rings. The Morgan fingerprint density at radius 3 is 2.55 bits per heavy atom. The zero-order valence-electron chi connectivity index (χ0n) is 25.5. The van der Waals surface area contributed by atoms with Crippen molar-refractivity contribution in [3.05, 3.63) is 83.7 Å². The van der Waals surface area contributed by atoms with Crippen molar-refractivity contribution in [1.82, 2.24) is 5.32 Å². The van der Waals surface area contributed by atoms with Crippen LogP contribution in [0.2, 0.25) is 0 Å². The third-order valence-electron chi connectivity index (χ3n) is 6.36. The van der Waals surface area contributed by atoms with Crippen LogP contribution in [0.4, 0.5) is 4.79 Å². The van der Waals surface area contributed by atoms with Crippen LogP contribution in [0.1, 0.15) is 73.1 Å². The molecule has 1 rings (SSSR count). The minimum absolute atomic E-state index is 0.108. The summed E-state index contributed by atoms with van der Waals surface area (Å²) in [6.45, 7) is 9.58. The molecule has 9 heteroatoms. The van der Waals surface area contributed by atoms with Gasteiger partial charge in [0.15, 0.2) is 0 Å². The van der Waals surface area contributed by atoms with Crippen LogP contribution in [-0.2, 0) is 19.1 Å². The van der Waals surface area contributed by atoms with Gasteiger partial charge in [0, 0.05) is 30.7 Å². The van der Waals surface area contributed by atoms with Crippen LogP contribution in [-0.4, -0.2) is 52.6 Å². The highest BCUT2D eigenvalue weighted by Gasteiger charge is 2.27. The molecule has 1 aliphatic heterocycles. The Morgan fingerprint density at radius 1 is 1.14 bits per heavy atom. The standard InChI is InChI=1S/C33H48N2O7/c1-23(2)20-30(37)35-19-18-25(4)21-26(5)29-22-24(3)14-10-6-8-12-16-28(42-33(34)40)32(39)27(36)15-11-7-9-13-17-31(38)41-29/h6,10-11,13-15,17-21,26-29,32,36,39H,7-9,12,16,22H2,1-5H3,(H2,34,40)(H,35,37)/b10-6+,15-11+,17-13+,19-18+,24-14+,25-21+/t26-,27?,28-,29-,32+/m1/s1. The highest BCUT2D eigenvalue weighted by Crippen LogP contribution is 2.21. The minimum atomic E-state index is -1.32. The summed E-state index contributed by atoms with van der Waals surface area (Å²) < 4.78 is 10.9. The maximum absolute atomic E-state index is 12.6. The first-order chi connectivity index (χ1) is 19.9. The van der Waals surface area contributed by atoms with Gasteiger partial charge in [-0.1, -0.05) is 66.2 Å². The molecule has 1 heterocycles. The number of nitrogens with one attached hydrogen (secondary N) is 1. The molecule has 232 valence electrons. The highest BCUT2D eigenvalue weighted by molar-refractivity contribution is 5.88. The quantitative estimate of drug-likeness (QED) is 0.145. The molecule has 1 aliphatic rings. The van der Waals surface area contributed by atoms with Crippen LogP contribution in [0, 0.1) is 5.92 Å². The van der Waals surface area contributed by atoms with Gasteiger partial charge in [0.2, 0.25) is 5.91 Å². The predicted octanol–water partition coefficient (Wildman–Crippen LogP) is 5.23. The van der Waals surface area contributed by atoms with Crippen molar-refractivity contribution in [3.63, 3.8) is 0 Å². The molecular weight excluding hydrogens is 536 g/mol. The maximum Gasteiger partial charge on any atom is 0.404 e. The van der Waals surface area contributed by atoms with Crippen molar-refractivity contribution in [1.29, 1.82) is 0 Å². The summed E-state index contributed by atoms with van der Waals surface area (Å²) >= 11 is 0. The van der Waals surface area contributed by atoms with E-state index in [2.05, 4.69) is 5.32 Å². The lowest BCUT2D eigenvalue weighted by molar-refractivity contribution is -0.144. The van der Waals surface area contributed by atoms with Gasteiger partial charge in [0.1, 0.15) is 24.4 Å². The fourth-order valence-corrected chi connectivity index (χ4v) is 4.20. The number of cyclic esters (lactones) is 1. The van der Waals surface area contributed by atoms with Gasteiger partial charge in [-0.15, -0.1) is 0 Å². The average Bonchev–Trinajstić information content (AvgIpc) is 2.89. The number of primary amides is 1. The number of carbonyl (C=O) groups excluding carboxylic acids is 3. The highest BCUT2D eigenvalue weighted by atomic mass is 16.6. The lowest BCUT2D eigenvalue weighted by Gasteiger charge is -2.24. The van der Waals surface area contributed by atoms with Gasteiger partial charge in [-0.2, -0.15) is 0 Å². The van der Waals surface area contributed by atoms with E-state index in [4.69, 9.17) is 15.2 Å². The Morgan fingerprint density at radius 2 is 1.86 bits per heavy atom. The number of hydrogen-bond donors (Lipinski definition) is 4. The normalized spacial score (nSPS) is 27.8. The number of amides is 2. The van der Waals surface area contributed by atoms with E-state index in [1.54, 1.807) is 24.4 Å². The van der Waals surface area contributed by atoms with Crippen molar-refractivity contribution >= 4 is 18.0 Å². The van der Waals surface area contributed by atoms with Crippen LogP contribution in [0.25, 0.3) is 0 Å². The number of ether oxygens (including phenoxy) is 2. The van der Waals surface area contributed by atoms with Crippen LogP contribution < -0.4 is 11.1 Å². The molecule has 0 saturated carbocycles. The van der Waals surface area contributed by atoms with Gasteiger partial charge >= 0.3 is 12.1 Å². The van der Waals surface area contributed by atoms with Crippen molar-refractivity contribution in [2.75, 3.05) is 0 Å². The van der Waals surface area contributed by atoms with Crippen LogP contribution in [0.5, 0.6) is 0 Å². The Bertz CT molecular complexity index is 1090. The second kappa shape index (κ2) is 20.2. The molecule has 0 saturated heterocycles. The largest absolute Gasteiger partial charge is 0.458 e. The molecule has 0 aromatic heterocycles.